The molecule has 0 amide bonds. The van der Waals surface area contributed by atoms with E-state index >= 15 is 0 Å². The first-order valence-corrected chi connectivity index (χ1v) is 15.7. The summed E-state index contributed by atoms with van der Waals surface area (Å²) in [4.78, 5) is 0. The lowest BCUT2D eigenvalue weighted by atomic mass is 9.82. The molecule has 3 nitrogen and oxygen atoms in total. The molecule has 0 fully saturated rings. The molecular formula is C36H61N3. The second-order valence-electron chi connectivity index (χ2n) is 13.9. The van der Waals surface area contributed by atoms with Gasteiger partial charge in [-0.15, -0.1) is 0 Å². The van der Waals surface area contributed by atoms with Crippen molar-refractivity contribution in [3.8, 4) is 0 Å². The van der Waals surface area contributed by atoms with E-state index in [-0.39, 0.29) is 12.1 Å². The lowest BCUT2D eigenvalue weighted by molar-refractivity contribution is 0.521. The van der Waals surface area contributed by atoms with Crippen LogP contribution in [0, 0.1) is 0 Å². The molecule has 0 saturated heterocycles. The minimum absolute atomic E-state index is 0.0554. The van der Waals surface area contributed by atoms with Crippen LogP contribution in [0.25, 0.3) is 0 Å². The van der Waals surface area contributed by atoms with Crippen LogP contribution < -0.4 is 16.8 Å². The van der Waals surface area contributed by atoms with Crippen molar-refractivity contribution in [1.82, 2.24) is 5.32 Å². The van der Waals surface area contributed by atoms with Crippen LogP contribution in [0.2, 0.25) is 0 Å². The van der Waals surface area contributed by atoms with Gasteiger partial charge in [0.2, 0.25) is 0 Å². The van der Waals surface area contributed by atoms with Gasteiger partial charge in [-0.05, 0) is 92.9 Å². The summed E-state index contributed by atoms with van der Waals surface area (Å²) in [6.07, 6.45) is 1.79. The van der Waals surface area contributed by atoms with Crippen molar-refractivity contribution in [1.29, 1.82) is 0 Å². The van der Waals surface area contributed by atoms with E-state index in [1.807, 2.05) is 0 Å². The summed E-state index contributed by atoms with van der Waals surface area (Å²) in [6, 6.07) is 9.82. The largest absolute Gasteiger partial charge is 0.326 e. The quantitative estimate of drug-likeness (QED) is 0.227. The molecule has 0 radical (unpaired) electrons. The molecule has 2 atom stereocenters. The highest BCUT2D eigenvalue weighted by molar-refractivity contribution is 5.45. The lowest BCUT2D eigenvalue weighted by Crippen LogP contribution is -2.42. The Labute approximate surface area is 241 Å². The molecule has 0 heterocycles. The van der Waals surface area contributed by atoms with Gasteiger partial charge >= 0.3 is 0 Å². The molecule has 0 bridgehead atoms. The molecule has 0 saturated carbocycles. The van der Waals surface area contributed by atoms with Crippen LogP contribution in [0.15, 0.2) is 24.3 Å². The fourth-order valence-electron chi connectivity index (χ4n) is 5.80. The SMILES string of the molecule is CC(C)c1cc(C(C)C)c(CC(N)CNCC(N)Cc2c(C(C)C)cc(C(C)C)cc2C(C)C)c(C(C)C)c1. The summed E-state index contributed by atoms with van der Waals surface area (Å²) < 4.78 is 0. The molecular weight excluding hydrogens is 474 g/mol. The zero-order chi connectivity index (χ0) is 29.6. The van der Waals surface area contributed by atoms with E-state index in [0.717, 1.165) is 25.9 Å². The Kier molecular flexibility index (Phi) is 12.7. The van der Waals surface area contributed by atoms with Crippen molar-refractivity contribution in [2.24, 2.45) is 11.5 Å². The molecule has 2 aromatic carbocycles. The van der Waals surface area contributed by atoms with Gasteiger partial charge in [-0.2, -0.15) is 0 Å². The maximum atomic E-state index is 6.75. The molecule has 2 rings (SSSR count). The summed E-state index contributed by atoms with van der Waals surface area (Å²) in [5.74, 6) is 2.99. The standard InChI is InChI=1S/C36H61N3/c1-21(2)27-13-31(23(5)6)35(32(14-27)24(7)8)17-29(37)19-39-20-30(38)18-36-33(25(9)10)15-28(22(3)4)16-34(36)26(11)12/h13-16,21-26,29-30,39H,17-20,37-38H2,1-12H3. The third-order valence-electron chi connectivity index (χ3n) is 8.25. The Balaban J connectivity index is 2.15. The summed E-state index contributed by atoms with van der Waals surface area (Å²) >= 11 is 0. The van der Waals surface area contributed by atoms with Gasteiger partial charge in [0.05, 0.1) is 0 Å². The number of nitrogens with two attached hydrogens (primary N) is 2. The highest BCUT2D eigenvalue weighted by atomic mass is 14.9. The van der Waals surface area contributed by atoms with Crippen molar-refractivity contribution >= 4 is 0 Å². The van der Waals surface area contributed by atoms with Gasteiger partial charge in [0, 0.05) is 25.2 Å². The molecule has 0 aliphatic carbocycles. The van der Waals surface area contributed by atoms with E-state index in [1.165, 1.54) is 44.5 Å². The third kappa shape index (κ3) is 9.17. The molecule has 0 aromatic heterocycles. The minimum atomic E-state index is 0.0554. The van der Waals surface area contributed by atoms with Crippen molar-refractivity contribution < 1.29 is 0 Å². The van der Waals surface area contributed by atoms with E-state index in [9.17, 15) is 0 Å². The average molecular weight is 536 g/mol. The van der Waals surface area contributed by atoms with Crippen molar-refractivity contribution in [3.05, 3.63) is 68.8 Å². The van der Waals surface area contributed by atoms with Crippen LogP contribution in [0.1, 0.15) is 163 Å². The number of hydrogen-bond acceptors (Lipinski definition) is 3. The van der Waals surface area contributed by atoms with Gasteiger partial charge in [-0.1, -0.05) is 107 Å². The fraction of sp³-hybridized carbons (Fsp3) is 0.667. The van der Waals surface area contributed by atoms with Crippen molar-refractivity contribution in [2.45, 2.75) is 144 Å². The van der Waals surface area contributed by atoms with Crippen LogP contribution in [-0.4, -0.2) is 25.2 Å². The van der Waals surface area contributed by atoms with E-state index < -0.39 is 0 Å². The van der Waals surface area contributed by atoms with Gasteiger partial charge in [-0.25, -0.2) is 0 Å². The highest BCUT2D eigenvalue weighted by Gasteiger charge is 2.21. The van der Waals surface area contributed by atoms with Gasteiger partial charge in [0.25, 0.3) is 0 Å². The van der Waals surface area contributed by atoms with Crippen LogP contribution in [0.3, 0.4) is 0 Å². The molecule has 2 aromatic rings. The zero-order valence-electron chi connectivity index (χ0n) is 27.4. The highest BCUT2D eigenvalue weighted by Crippen LogP contribution is 2.34. The normalized spacial score (nSPS) is 14.1. The molecule has 2 unspecified atom stereocenters. The first kappa shape index (κ1) is 33.5. The molecule has 3 heteroatoms. The number of rotatable bonds is 14. The Morgan fingerprint density at radius 2 is 0.718 bits per heavy atom. The Hall–Kier alpha value is -1.68. The Morgan fingerprint density at radius 3 is 0.923 bits per heavy atom. The zero-order valence-corrected chi connectivity index (χ0v) is 27.4. The van der Waals surface area contributed by atoms with Gasteiger partial charge < -0.3 is 16.8 Å². The maximum Gasteiger partial charge on any atom is 0.0206 e. The summed E-state index contributed by atoms with van der Waals surface area (Å²) in [7, 11) is 0. The smallest absolute Gasteiger partial charge is 0.0206 e. The lowest BCUT2D eigenvalue weighted by Gasteiger charge is -2.26. The van der Waals surface area contributed by atoms with E-state index in [1.54, 1.807) is 0 Å². The average Bonchev–Trinajstić information content (AvgIpc) is 2.82. The van der Waals surface area contributed by atoms with Gasteiger partial charge in [0.15, 0.2) is 0 Å². The number of nitrogens with one attached hydrogen (secondary N) is 1. The first-order valence-electron chi connectivity index (χ1n) is 15.7. The predicted molar refractivity (Wildman–Crippen MR) is 174 cm³/mol. The molecule has 220 valence electrons. The van der Waals surface area contributed by atoms with Crippen LogP contribution in [-0.2, 0) is 12.8 Å². The van der Waals surface area contributed by atoms with Crippen LogP contribution >= 0.6 is 0 Å². The van der Waals surface area contributed by atoms with Gasteiger partial charge in [-0.3, -0.25) is 0 Å². The van der Waals surface area contributed by atoms with E-state index in [2.05, 4.69) is 113 Å². The van der Waals surface area contributed by atoms with E-state index in [0.29, 0.717) is 35.5 Å². The van der Waals surface area contributed by atoms with E-state index in [4.69, 9.17) is 11.5 Å². The minimum Gasteiger partial charge on any atom is -0.326 e. The Bertz CT molecular complexity index is 904. The molecule has 39 heavy (non-hydrogen) atoms. The predicted octanol–water partition coefficient (Wildman–Crippen LogP) is 8.46. The molecule has 0 aliphatic heterocycles. The topological polar surface area (TPSA) is 64.1 Å². The van der Waals surface area contributed by atoms with Crippen LogP contribution in [0.4, 0.5) is 0 Å². The Morgan fingerprint density at radius 1 is 0.462 bits per heavy atom. The first-order chi connectivity index (χ1) is 18.1. The molecule has 5 N–H and O–H groups in total. The third-order valence-corrected chi connectivity index (χ3v) is 8.25. The summed E-state index contributed by atoms with van der Waals surface area (Å²) in [5, 5.41) is 3.63. The molecule has 0 spiro atoms. The van der Waals surface area contributed by atoms with Gasteiger partial charge in [0.1, 0.15) is 0 Å². The van der Waals surface area contributed by atoms with Crippen LogP contribution in [0.5, 0.6) is 0 Å². The summed E-state index contributed by atoms with van der Waals surface area (Å²) in [6.45, 7) is 29.1. The second kappa shape index (κ2) is 14.8. The second-order valence-corrected chi connectivity index (χ2v) is 13.9. The fourth-order valence-corrected chi connectivity index (χ4v) is 5.80. The number of benzene rings is 2. The van der Waals surface area contributed by atoms with Crippen molar-refractivity contribution in [2.75, 3.05) is 13.1 Å². The number of hydrogen-bond donors (Lipinski definition) is 3. The molecule has 0 aliphatic rings. The summed E-state index contributed by atoms with van der Waals surface area (Å²) in [5.41, 5.74) is 25.1. The van der Waals surface area contributed by atoms with Crippen molar-refractivity contribution in [3.63, 3.8) is 0 Å². The maximum absolute atomic E-state index is 6.75. The monoisotopic (exact) mass is 535 g/mol.